The summed E-state index contributed by atoms with van der Waals surface area (Å²) < 4.78 is 0. The van der Waals surface area contributed by atoms with Crippen LogP contribution in [-0.4, -0.2) is 11.8 Å². The Morgan fingerprint density at radius 1 is 1.08 bits per heavy atom. The Hall–Kier alpha value is -1.85. The maximum Gasteiger partial charge on any atom is 0.265 e. The highest BCUT2D eigenvalue weighted by Crippen LogP contribution is 2.29. The van der Waals surface area contributed by atoms with Gasteiger partial charge in [0, 0.05) is 10.6 Å². The van der Waals surface area contributed by atoms with E-state index in [0.717, 1.165) is 12.8 Å². The third-order valence-electron chi connectivity index (χ3n) is 4.21. The highest BCUT2D eigenvalue weighted by molar-refractivity contribution is 7.14. The molecule has 3 N–H and O–H groups in total. The van der Waals surface area contributed by atoms with E-state index in [9.17, 15) is 9.59 Å². The lowest BCUT2D eigenvalue weighted by Gasteiger charge is -2.07. The molecule has 0 aliphatic heterocycles. The Kier molecular flexibility index (Phi) is 5.21. The van der Waals surface area contributed by atoms with Gasteiger partial charge in [0.25, 0.3) is 5.91 Å². The summed E-state index contributed by atoms with van der Waals surface area (Å²) in [6.07, 6.45) is 7.00. The summed E-state index contributed by atoms with van der Waals surface area (Å²) in [6, 6.07) is 6.74. The fourth-order valence-corrected chi connectivity index (χ4v) is 4.30. The van der Waals surface area contributed by atoms with Crippen molar-refractivity contribution in [2.24, 2.45) is 5.73 Å². The Balaban J connectivity index is 1.79. The average Bonchev–Trinajstić information content (AvgIpc) is 2.91. The average molecular weight is 363 g/mol. The molecule has 6 heteroatoms. The van der Waals surface area contributed by atoms with E-state index >= 15 is 0 Å². The second-order valence-corrected chi connectivity index (χ2v) is 7.53. The number of primary amides is 1. The molecule has 0 saturated heterocycles. The van der Waals surface area contributed by atoms with Gasteiger partial charge in [0.1, 0.15) is 0 Å². The molecule has 4 nitrogen and oxygen atoms in total. The number of benzene rings is 1. The Morgan fingerprint density at radius 2 is 1.83 bits per heavy atom. The summed E-state index contributed by atoms with van der Waals surface area (Å²) in [5.74, 6) is -0.778. The van der Waals surface area contributed by atoms with E-state index in [0.29, 0.717) is 10.6 Å². The molecule has 2 aromatic rings. The van der Waals surface area contributed by atoms with Gasteiger partial charge in [-0.15, -0.1) is 11.3 Å². The lowest BCUT2D eigenvalue weighted by molar-refractivity contribution is 0.0996. The number of thiophene rings is 1. The first kappa shape index (κ1) is 17.0. The van der Waals surface area contributed by atoms with Gasteiger partial charge in [0.15, 0.2) is 0 Å². The molecule has 0 fully saturated rings. The summed E-state index contributed by atoms with van der Waals surface area (Å²) in [6.45, 7) is 0. The molecule has 0 unspecified atom stereocenters. The molecule has 3 rings (SSSR count). The zero-order chi connectivity index (χ0) is 17.1. The summed E-state index contributed by atoms with van der Waals surface area (Å²) in [5, 5.41) is 3.10. The number of hydrogen-bond acceptors (Lipinski definition) is 3. The number of nitrogens with two attached hydrogens (primary N) is 1. The number of hydrogen-bond donors (Lipinski definition) is 2. The molecule has 1 aromatic heterocycles. The Bertz CT molecular complexity index is 760. The fourth-order valence-electron chi connectivity index (χ4n) is 2.94. The summed E-state index contributed by atoms with van der Waals surface area (Å²) in [4.78, 5) is 25.9. The maximum absolute atomic E-state index is 12.5. The topological polar surface area (TPSA) is 72.2 Å². The van der Waals surface area contributed by atoms with Gasteiger partial charge in [0.2, 0.25) is 5.91 Å². The quantitative estimate of drug-likeness (QED) is 0.848. The molecule has 126 valence electrons. The highest BCUT2D eigenvalue weighted by atomic mass is 35.5. The van der Waals surface area contributed by atoms with Crippen molar-refractivity contribution in [3.8, 4) is 0 Å². The molecule has 1 aliphatic carbocycles. The molecular formula is C18H19ClN2O2S. The fraction of sp³-hybridized carbons (Fsp3) is 0.333. The van der Waals surface area contributed by atoms with E-state index in [1.807, 2.05) is 6.07 Å². The summed E-state index contributed by atoms with van der Waals surface area (Å²) in [5.41, 5.74) is 7.31. The van der Waals surface area contributed by atoms with Crippen molar-refractivity contribution in [1.29, 1.82) is 0 Å². The van der Waals surface area contributed by atoms with E-state index in [-0.39, 0.29) is 16.5 Å². The van der Waals surface area contributed by atoms with Crippen LogP contribution in [0.4, 0.5) is 5.69 Å². The van der Waals surface area contributed by atoms with Crippen LogP contribution < -0.4 is 11.1 Å². The normalized spacial score (nSPS) is 14.4. The van der Waals surface area contributed by atoms with Gasteiger partial charge in [-0.05, 0) is 55.5 Å². The molecule has 1 aromatic carbocycles. The van der Waals surface area contributed by atoms with Gasteiger partial charge in [-0.1, -0.05) is 24.4 Å². The zero-order valence-electron chi connectivity index (χ0n) is 13.2. The minimum Gasteiger partial charge on any atom is -0.366 e. The van der Waals surface area contributed by atoms with Crippen LogP contribution in [0, 0.1) is 0 Å². The van der Waals surface area contributed by atoms with Crippen LogP contribution in [0.2, 0.25) is 5.02 Å². The molecule has 1 heterocycles. The van der Waals surface area contributed by atoms with Crippen LogP contribution in [0.25, 0.3) is 0 Å². The van der Waals surface area contributed by atoms with Crippen molar-refractivity contribution in [3.63, 3.8) is 0 Å². The first-order valence-electron chi connectivity index (χ1n) is 8.07. The predicted molar refractivity (Wildman–Crippen MR) is 98.1 cm³/mol. The molecule has 0 radical (unpaired) electrons. The van der Waals surface area contributed by atoms with E-state index in [2.05, 4.69) is 5.32 Å². The van der Waals surface area contributed by atoms with E-state index in [1.54, 1.807) is 23.5 Å². The second kappa shape index (κ2) is 7.36. The Morgan fingerprint density at radius 3 is 2.58 bits per heavy atom. The van der Waals surface area contributed by atoms with E-state index in [4.69, 9.17) is 17.3 Å². The molecule has 24 heavy (non-hydrogen) atoms. The molecule has 0 saturated carbocycles. The lowest BCUT2D eigenvalue weighted by Crippen LogP contribution is -2.14. The van der Waals surface area contributed by atoms with Gasteiger partial charge in [-0.2, -0.15) is 0 Å². The maximum atomic E-state index is 12.5. The first-order chi connectivity index (χ1) is 11.5. The van der Waals surface area contributed by atoms with Gasteiger partial charge in [-0.3, -0.25) is 9.59 Å². The SMILES string of the molecule is NC(=O)c1cc(NC(=O)c2cc3c(s2)CCCCCC3)ccc1Cl. The number of amides is 2. The van der Waals surface area contributed by atoms with Crippen molar-refractivity contribution in [2.45, 2.75) is 38.5 Å². The number of carbonyl (C=O) groups excluding carboxylic acids is 2. The Labute approximate surface area is 150 Å². The van der Waals surface area contributed by atoms with Crippen molar-refractivity contribution >= 4 is 40.4 Å². The largest absolute Gasteiger partial charge is 0.366 e. The molecule has 2 amide bonds. The molecule has 0 bridgehead atoms. The van der Waals surface area contributed by atoms with Crippen molar-refractivity contribution in [1.82, 2.24) is 0 Å². The number of anilines is 1. The number of carbonyl (C=O) groups is 2. The summed E-state index contributed by atoms with van der Waals surface area (Å²) in [7, 11) is 0. The van der Waals surface area contributed by atoms with Gasteiger partial charge in [0.05, 0.1) is 15.5 Å². The van der Waals surface area contributed by atoms with Crippen LogP contribution in [0.3, 0.4) is 0 Å². The van der Waals surface area contributed by atoms with Crippen molar-refractivity contribution in [3.05, 3.63) is 50.2 Å². The van der Waals surface area contributed by atoms with Crippen LogP contribution in [0.1, 0.15) is 56.2 Å². The smallest absolute Gasteiger partial charge is 0.265 e. The van der Waals surface area contributed by atoms with Crippen LogP contribution >= 0.6 is 22.9 Å². The summed E-state index contributed by atoms with van der Waals surface area (Å²) >= 11 is 7.50. The number of nitrogens with one attached hydrogen (secondary N) is 1. The second-order valence-electron chi connectivity index (χ2n) is 5.99. The number of aryl methyl sites for hydroxylation is 2. The van der Waals surface area contributed by atoms with Crippen molar-refractivity contribution in [2.75, 3.05) is 5.32 Å². The van der Waals surface area contributed by atoms with Crippen LogP contribution in [0.15, 0.2) is 24.3 Å². The van der Waals surface area contributed by atoms with Crippen LogP contribution in [-0.2, 0) is 12.8 Å². The monoisotopic (exact) mass is 362 g/mol. The molecular weight excluding hydrogens is 344 g/mol. The van der Waals surface area contributed by atoms with Gasteiger partial charge >= 0.3 is 0 Å². The van der Waals surface area contributed by atoms with Crippen molar-refractivity contribution < 1.29 is 9.59 Å². The van der Waals surface area contributed by atoms with Gasteiger partial charge < -0.3 is 11.1 Å². The van der Waals surface area contributed by atoms with Gasteiger partial charge in [-0.25, -0.2) is 0 Å². The third-order valence-corrected chi connectivity index (χ3v) is 5.78. The highest BCUT2D eigenvalue weighted by Gasteiger charge is 2.17. The van der Waals surface area contributed by atoms with E-state index in [1.165, 1.54) is 42.2 Å². The molecule has 0 spiro atoms. The number of fused-ring (bicyclic) bond motifs is 1. The minimum absolute atomic E-state index is 0.163. The zero-order valence-corrected chi connectivity index (χ0v) is 14.8. The standard InChI is InChI=1S/C18H19ClN2O2S/c19-14-8-7-12(10-13(14)17(20)22)21-18(23)16-9-11-5-3-1-2-4-6-15(11)24-16/h7-10H,1-6H2,(H2,20,22)(H,21,23). The molecule has 1 aliphatic rings. The van der Waals surface area contributed by atoms with Crippen LogP contribution in [0.5, 0.6) is 0 Å². The lowest BCUT2D eigenvalue weighted by atomic mass is 10.00. The third kappa shape index (κ3) is 3.79. The molecule has 0 atom stereocenters. The number of rotatable bonds is 3. The predicted octanol–water partition coefficient (Wildman–Crippen LogP) is 4.41. The first-order valence-corrected chi connectivity index (χ1v) is 9.26. The number of halogens is 1. The van der Waals surface area contributed by atoms with E-state index < -0.39 is 5.91 Å². The minimum atomic E-state index is -0.616.